The Morgan fingerprint density at radius 3 is 2.75 bits per heavy atom. The topological polar surface area (TPSA) is 52.6 Å². The van der Waals surface area contributed by atoms with E-state index in [9.17, 15) is 9.90 Å². The fourth-order valence-electron chi connectivity index (χ4n) is 2.57. The second-order valence-corrected chi connectivity index (χ2v) is 5.79. The lowest BCUT2D eigenvalue weighted by atomic mass is 10.0. The number of rotatable bonds is 5. The van der Waals surface area contributed by atoms with Gasteiger partial charge in [0.15, 0.2) is 0 Å². The van der Waals surface area contributed by atoms with Crippen LogP contribution in [0.15, 0.2) is 24.3 Å². The SMILES string of the molecule is Cc1ccc(CNC(=O)CN2CCC(C(C)O)C2)cc1. The molecule has 0 saturated carbocycles. The molecule has 1 aromatic rings. The minimum Gasteiger partial charge on any atom is -0.393 e. The maximum absolute atomic E-state index is 11.9. The van der Waals surface area contributed by atoms with Crippen molar-refractivity contribution in [2.45, 2.75) is 32.9 Å². The van der Waals surface area contributed by atoms with Gasteiger partial charge in [-0.3, -0.25) is 9.69 Å². The number of aryl methyl sites for hydroxylation is 1. The molecule has 20 heavy (non-hydrogen) atoms. The lowest BCUT2D eigenvalue weighted by Crippen LogP contribution is -2.36. The standard InChI is InChI=1S/C16H24N2O2/c1-12-3-5-14(6-4-12)9-17-16(20)11-18-8-7-15(10-18)13(2)19/h3-6,13,15,19H,7-11H2,1-2H3,(H,17,20). The van der Waals surface area contributed by atoms with Gasteiger partial charge in [-0.15, -0.1) is 0 Å². The van der Waals surface area contributed by atoms with E-state index in [1.54, 1.807) is 0 Å². The molecule has 0 radical (unpaired) electrons. The van der Waals surface area contributed by atoms with Crippen LogP contribution in [0.3, 0.4) is 0 Å². The molecule has 2 N–H and O–H groups in total. The zero-order chi connectivity index (χ0) is 14.5. The van der Waals surface area contributed by atoms with Gasteiger partial charge < -0.3 is 10.4 Å². The molecule has 1 saturated heterocycles. The second-order valence-electron chi connectivity index (χ2n) is 5.79. The van der Waals surface area contributed by atoms with Crippen LogP contribution in [-0.2, 0) is 11.3 Å². The number of aliphatic hydroxyl groups is 1. The first kappa shape index (κ1) is 15.0. The van der Waals surface area contributed by atoms with Gasteiger partial charge in [-0.25, -0.2) is 0 Å². The molecule has 4 heteroatoms. The first-order valence-corrected chi connectivity index (χ1v) is 7.27. The molecule has 1 aliphatic heterocycles. The highest BCUT2D eigenvalue weighted by Gasteiger charge is 2.26. The summed E-state index contributed by atoms with van der Waals surface area (Å²) in [5.41, 5.74) is 2.34. The van der Waals surface area contributed by atoms with Crippen molar-refractivity contribution in [1.82, 2.24) is 10.2 Å². The first-order chi connectivity index (χ1) is 9.54. The molecule has 4 nitrogen and oxygen atoms in total. The molecular formula is C16H24N2O2. The van der Waals surface area contributed by atoms with E-state index in [1.165, 1.54) is 5.56 Å². The number of carbonyl (C=O) groups is 1. The highest BCUT2D eigenvalue weighted by Crippen LogP contribution is 2.18. The van der Waals surface area contributed by atoms with Gasteiger partial charge in [0.2, 0.25) is 5.91 Å². The van der Waals surface area contributed by atoms with Gasteiger partial charge in [-0.1, -0.05) is 29.8 Å². The first-order valence-electron chi connectivity index (χ1n) is 7.27. The van der Waals surface area contributed by atoms with Crippen LogP contribution in [0.25, 0.3) is 0 Å². The fraction of sp³-hybridized carbons (Fsp3) is 0.562. The molecule has 1 aliphatic rings. The normalized spacial score (nSPS) is 20.9. The third-order valence-corrected chi connectivity index (χ3v) is 3.97. The quantitative estimate of drug-likeness (QED) is 0.852. The van der Waals surface area contributed by atoms with Crippen LogP contribution < -0.4 is 5.32 Å². The number of likely N-dealkylation sites (tertiary alicyclic amines) is 1. The molecule has 2 rings (SSSR count). The molecule has 2 atom stereocenters. The van der Waals surface area contributed by atoms with Crippen molar-refractivity contribution < 1.29 is 9.90 Å². The van der Waals surface area contributed by atoms with E-state index in [-0.39, 0.29) is 12.0 Å². The van der Waals surface area contributed by atoms with E-state index in [0.717, 1.165) is 25.1 Å². The Hall–Kier alpha value is -1.39. The smallest absolute Gasteiger partial charge is 0.234 e. The number of hydrogen-bond acceptors (Lipinski definition) is 3. The summed E-state index contributed by atoms with van der Waals surface area (Å²) in [6, 6.07) is 8.17. The number of benzene rings is 1. The van der Waals surface area contributed by atoms with Crippen molar-refractivity contribution in [2.24, 2.45) is 5.92 Å². The Kier molecular flexibility index (Phi) is 5.15. The Morgan fingerprint density at radius 1 is 1.45 bits per heavy atom. The van der Waals surface area contributed by atoms with Crippen LogP contribution in [0.4, 0.5) is 0 Å². The molecule has 1 fully saturated rings. The average Bonchev–Trinajstić information content (AvgIpc) is 2.87. The summed E-state index contributed by atoms with van der Waals surface area (Å²) in [6.45, 7) is 6.59. The summed E-state index contributed by atoms with van der Waals surface area (Å²) in [7, 11) is 0. The molecule has 1 aromatic carbocycles. The number of hydrogen-bond donors (Lipinski definition) is 2. The van der Waals surface area contributed by atoms with E-state index < -0.39 is 0 Å². The number of nitrogens with zero attached hydrogens (tertiary/aromatic N) is 1. The van der Waals surface area contributed by atoms with Gasteiger partial charge in [-0.2, -0.15) is 0 Å². The molecule has 0 bridgehead atoms. The zero-order valence-electron chi connectivity index (χ0n) is 12.3. The Morgan fingerprint density at radius 2 is 2.15 bits per heavy atom. The van der Waals surface area contributed by atoms with Crippen LogP contribution in [-0.4, -0.2) is 41.7 Å². The maximum atomic E-state index is 11.9. The molecule has 1 amide bonds. The monoisotopic (exact) mass is 276 g/mol. The predicted molar refractivity (Wildman–Crippen MR) is 79.3 cm³/mol. The van der Waals surface area contributed by atoms with E-state index in [0.29, 0.717) is 19.0 Å². The van der Waals surface area contributed by atoms with Gasteiger partial charge in [0.05, 0.1) is 12.6 Å². The van der Waals surface area contributed by atoms with Gasteiger partial charge in [-0.05, 0) is 38.3 Å². The van der Waals surface area contributed by atoms with Gasteiger partial charge in [0, 0.05) is 13.1 Å². The molecular weight excluding hydrogens is 252 g/mol. The molecule has 1 heterocycles. The summed E-state index contributed by atoms with van der Waals surface area (Å²) >= 11 is 0. The molecule has 2 unspecified atom stereocenters. The summed E-state index contributed by atoms with van der Waals surface area (Å²) in [5, 5.41) is 12.5. The molecule has 110 valence electrons. The van der Waals surface area contributed by atoms with Crippen LogP contribution in [0, 0.1) is 12.8 Å². The highest BCUT2D eigenvalue weighted by atomic mass is 16.3. The van der Waals surface area contributed by atoms with Crippen molar-refractivity contribution in [3.05, 3.63) is 35.4 Å². The zero-order valence-corrected chi connectivity index (χ0v) is 12.3. The summed E-state index contributed by atoms with van der Waals surface area (Å²) in [6.07, 6.45) is 0.693. The fourth-order valence-corrected chi connectivity index (χ4v) is 2.57. The van der Waals surface area contributed by atoms with E-state index >= 15 is 0 Å². The van der Waals surface area contributed by atoms with Crippen molar-refractivity contribution >= 4 is 5.91 Å². The van der Waals surface area contributed by atoms with Crippen molar-refractivity contribution in [3.8, 4) is 0 Å². The molecule has 0 aliphatic carbocycles. The number of aliphatic hydroxyl groups excluding tert-OH is 1. The summed E-state index contributed by atoms with van der Waals surface area (Å²) in [5.74, 6) is 0.358. The minimum atomic E-state index is -0.282. The lowest BCUT2D eigenvalue weighted by molar-refractivity contribution is -0.122. The number of carbonyl (C=O) groups excluding carboxylic acids is 1. The van der Waals surface area contributed by atoms with Crippen molar-refractivity contribution in [2.75, 3.05) is 19.6 Å². The third kappa shape index (κ3) is 4.32. The summed E-state index contributed by atoms with van der Waals surface area (Å²) in [4.78, 5) is 14.0. The summed E-state index contributed by atoms with van der Waals surface area (Å²) < 4.78 is 0. The molecule has 0 aromatic heterocycles. The van der Waals surface area contributed by atoms with Gasteiger partial charge in [0.1, 0.15) is 0 Å². The Labute approximate surface area is 120 Å². The molecule has 0 spiro atoms. The Bertz CT molecular complexity index is 442. The Balaban J connectivity index is 1.72. The number of nitrogens with one attached hydrogen (secondary N) is 1. The predicted octanol–water partition coefficient (Wildman–Crippen LogP) is 1.31. The average molecular weight is 276 g/mol. The van der Waals surface area contributed by atoms with E-state index in [2.05, 4.69) is 22.3 Å². The highest BCUT2D eigenvalue weighted by molar-refractivity contribution is 5.78. The third-order valence-electron chi connectivity index (χ3n) is 3.97. The lowest BCUT2D eigenvalue weighted by Gasteiger charge is -2.17. The van der Waals surface area contributed by atoms with Crippen molar-refractivity contribution in [1.29, 1.82) is 0 Å². The van der Waals surface area contributed by atoms with Gasteiger partial charge in [0.25, 0.3) is 0 Å². The van der Waals surface area contributed by atoms with Crippen LogP contribution >= 0.6 is 0 Å². The largest absolute Gasteiger partial charge is 0.393 e. The maximum Gasteiger partial charge on any atom is 0.234 e. The van der Waals surface area contributed by atoms with E-state index in [4.69, 9.17) is 0 Å². The second kappa shape index (κ2) is 6.86. The minimum absolute atomic E-state index is 0.0526. The van der Waals surface area contributed by atoms with Gasteiger partial charge >= 0.3 is 0 Å². The van der Waals surface area contributed by atoms with Crippen LogP contribution in [0.1, 0.15) is 24.5 Å². The number of amides is 1. The van der Waals surface area contributed by atoms with Crippen molar-refractivity contribution in [3.63, 3.8) is 0 Å². The van der Waals surface area contributed by atoms with E-state index in [1.807, 2.05) is 26.0 Å². The van der Waals surface area contributed by atoms with Crippen LogP contribution in [0.2, 0.25) is 0 Å². The van der Waals surface area contributed by atoms with Crippen LogP contribution in [0.5, 0.6) is 0 Å².